The molecule has 7 nitrogen and oxygen atoms in total. The van der Waals surface area contributed by atoms with Crippen molar-refractivity contribution in [1.82, 2.24) is 9.88 Å². The summed E-state index contributed by atoms with van der Waals surface area (Å²) in [7, 11) is 0. The van der Waals surface area contributed by atoms with E-state index in [1.165, 1.54) is 17.7 Å². The number of hydrogen-bond donors (Lipinski definition) is 0. The molecule has 1 fully saturated rings. The average Bonchev–Trinajstić information content (AvgIpc) is 2.88. The van der Waals surface area contributed by atoms with Gasteiger partial charge >= 0.3 is 0 Å². The molecule has 5 rings (SSSR count). The van der Waals surface area contributed by atoms with Gasteiger partial charge in [-0.25, -0.2) is 4.98 Å². The first-order valence-corrected chi connectivity index (χ1v) is 12.1. The Labute approximate surface area is 211 Å². The van der Waals surface area contributed by atoms with E-state index in [0.717, 1.165) is 32.3 Å². The highest BCUT2D eigenvalue weighted by atomic mass is 79.9. The molecule has 0 N–H and O–H groups in total. The number of rotatable bonds is 4. The maximum absolute atomic E-state index is 13.7. The third-order valence-corrected chi connectivity index (χ3v) is 6.83. The molecule has 4 aromatic rings. The summed E-state index contributed by atoms with van der Waals surface area (Å²) >= 11 is 3.53. The molecule has 1 aliphatic rings. The summed E-state index contributed by atoms with van der Waals surface area (Å²) in [5.41, 5.74) is 5.31. The maximum Gasteiger partial charge on any atom is 0.269 e. The SMILES string of the molecule is Cc1ccc(-c2cc(C(=O)N3CCN(c4ccc([N+](=O)[O-])cc4)CC3)c3cc(Br)ccc3n2)cc1. The number of halogens is 1. The number of nitrogens with zero attached hydrogens (tertiary/aromatic N) is 4. The maximum atomic E-state index is 13.7. The quantitative estimate of drug-likeness (QED) is 0.244. The van der Waals surface area contributed by atoms with Crippen LogP contribution in [0, 0.1) is 17.0 Å². The van der Waals surface area contributed by atoms with Gasteiger partial charge in [0.25, 0.3) is 11.6 Å². The third kappa shape index (κ3) is 4.74. The molecular formula is C27H23BrN4O3. The van der Waals surface area contributed by atoms with Crippen molar-refractivity contribution < 1.29 is 9.72 Å². The van der Waals surface area contributed by atoms with E-state index in [4.69, 9.17) is 4.98 Å². The molecule has 1 amide bonds. The van der Waals surface area contributed by atoms with Crippen LogP contribution in [0.25, 0.3) is 22.2 Å². The number of piperazine rings is 1. The van der Waals surface area contributed by atoms with Crippen LogP contribution in [0.4, 0.5) is 11.4 Å². The number of pyridine rings is 1. The van der Waals surface area contributed by atoms with Gasteiger partial charge in [0.2, 0.25) is 0 Å². The Bertz CT molecular complexity index is 1410. The second kappa shape index (κ2) is 9.46. The number of fused-ring (bicyclic) bond motifs is 1. The molecule has 1 aromatic heterocycles. The molecule has 0 radical (unpaired) electrons. The van der Waals surface area contributed by atoms with Crippen molar-refractivity contribution in [2.45, 2.75) is 6.92 Å². The molecule has 1 saturated heterocycles. The number of aromatic nitrogens is 1. The number of hydrogen-bond acceptors (Lipinski definition) is 5. The first kappa shape index (κ1) is 23.0. The highest BCUT2D eigenvalue weighted by Gasteiger charge is 2.25. The molecule has 0 unspecified atom stereocenters. The lowest BCUT2D eigenvalue weighted by Gasteiger charge is -2.36. The molecule has 176 valence electrons. The van der Waals surface area contributed by atoms with Crippen LogP contribution in [0.15, 0.2) is 77.3 Å². The van der Waals surface area contributed by atoms with Crippen molar-refractivity contribution in [3.63, 3.8) is 0 Å². The van der Waals surface area contributed by atoms with Crippen molar-refractivity contribution in [2.24, 2.45) is 0 Å². The van der Waals surface area contributed by atoms with E-state index in [-0.39, 0.29) is 11.6 Å². The van der Waals surface area contributed by atoms with E-state index in [9.17, 15) is 14.9 Å². The van der Waals surface area contributed by atoms with Gasteiger partial charge in [0.05, 0.1) is 21.7 Å². The lowest BCUT2D eigenvalue weighted by Crippen LogP contribution is -2.48. The van der Waals surface area contributed by atoms with Crippen LogP contribution in [0.1, 0.15) is 15.9 Å². The van der Waals surface area contributed by atoms with Crippen molar-refractivity contribution in [2.75, 3.05) is 31.1 Å². The third-order valence-electron chi connectivity index (χ3n) is 6.34. The highest BCUT2D eigenvalue weighted by molar-refractivity contribution is 9.10. The Morgan fingerprint density at radius 2 is 1.63 bits per heavy atom. The second-order valence-corrected chi connectivity index (χ2v) is 9.55. The monoisotopic (exact) mass is 530 g/mol. The number of nitro groups is 1. The number of amides is 1. The highest BCUT2D eigenvalue weighted by Crippen LogP contribution is 2.29. The average molecular weight is 531 g/mol. The van der Waals surface area contributed by atoms with E-state index in [1.807, 2.05) is 60.4 Å². The Balaban J connectivity index is 1.41. The summed E-state index contributed by atoms with van der Waals surface area (Å²) in [5.74, 6) is -0.0211. The van der Waals surface area contributed by atoms with Crippen molar-refractivity contribution in [3.05, 3.63) is 98.5 Å². The Morgan fingerprint density at radius 3 is 2.29 bits per heavy atom. The van der Waals surface area contributed by atoms with Crippen molar-refractivity contribution in [3.8, 4) is 11.3 Å². The smallest absolute Gasteiger partial charge is 0.269 e. The molecule has 3 aromatic carbocycles. The minimum Gasteiger partial charge on any atom is -0.368 e. The second-order valence-electron chi connectivity index (χ2n) is 8.64. The first-order chi connectivity index (χ1) is 16.9. The normalized spacial score (nSPS) is 13.8. The zero-order chi connectivity index (χ0) is 24.5. The van der Waals surface area contributed by atoms with Crippen LogP contribution in [-0.2, 0) is 0 Å². The zero-order valence-electron chi connectivity index (χ0n) is 19.1. The Kier molecular flexibility index (Phi) is 6.21. The Morgan fingerprint density at radius 1 is 0.943 bits per heavy atom. The lowest BCUT2D eigenvalue weighted by molar-refractivity contribution is -0.384. The fraction of sp³-hybridized carbons (Fsp3) is 0.185. The van der Waals surface area contributed by atoms with E-state index in [2.05, 4.69) is 20.8 Å². The fourth-order valence-electron chi connectivity index (χ4n) is 4.37. The number of non-ortho nitro benzene ring substituents is 1. The summed E-state index contributed by atoms with van der Waals surface area (Å²) < 4.78 is 0.895. The number of aryl methyl sites for hydroxylation is 1. The van der Waals surface area contributed by atoms with Crippen LogP contribution in [0.5, 0.6) is 0 Å². The number of carbonyl (C=O) groups is 1. The summed E-state index contributed by atoms with van der Waals surface area (Å²) in [4.78, 5) is 33.1. The van der Waals surface area contributed by atoms with Crippen molar-refractivity contribution in [1.29, 1.82) is 0 Å². The summed E-state index contributed by atoms with van der Waals surface area (Å²) in [6.07, 6.45) is 0. The molecule has 8 heteroatoms. The largest absolute Gasteiger partial charge is 0.368 e. The topological polar surface area (TPSA) is 79.6 Å². The number of benzene rings is 3. The molecule has 0 spiro atoms. The van der Waals surface area contributed by atoms with Crippen LogP contribution < -0.4 is 4.90 Å². The first-order valence-electron chi connectivity index (χ1n) is 11.3. The molecule has 2 heterocycles. The van der Waals surface area contributed by atoms with Gasteiger partial charge in [-0.15, -0.1) is 0 Å². The van der Waals surface area contributed by atoms with E-state index < -0.39 is 4.92 Å². The molecule has 0 aliphatic carbocycles. The van der Waals surface area contributed by atoms with E-state index in [1.54, 1.807) is 12.1 Å². The lowest BCUT2D eigenvalue weighted by atomic mass is 10.0. The van der Waals surface area contributed by atoms with Gasteiger partial charge in [-0.1, -0.05) is 45.8 Å². The number of anilines is 1. The minimum atomic E-state index is -0.400. The fourth-order valence-corrected chi connectivity index (χ4v) is 4.73. The predicted molar refractivity (Wildman–Crippen MR) is 141 cm³/mol. The van der Waals surface area contributed by atoms with Gasteiger partial charge in [0.1, 0.15) is 0 Å². The summed E-state index contributed by atoms with van der Waals surface area (Å²) in [6, 6.07) is 22.4. The van der Waals surface area contributed by atoms with Crippen LogP contribution in [-0.4, -0.2) is 46.9 Å². The van der Waals surface area contributed by atoms with Gasteiger partial charge in [-0.2, -0.15) is 0 Å². The molecule has 0 atom stereocenters. The number of nitro benzene ring substituents is 1. The van der Waals surface area contributed by atoms with Gasteiger partial charge in [0, 0.05) is 59.4 Å². The predicted octanol–water partition coefficient (Wildman–Crippen LogP) is 5.84. The van der Waals surface area contributed by atoms with Gasteiger partial charge in [-0.3, -0.25) is 14.9 Å². The van der Waals surface area contributed by atoms with E-state index in [0.29, 0.717) is 31.7 Å². The Hall–Kier alpha value is -3.78. The zero-order valence-corrected chi connectivity index (χ0v) is 20.7. The molecular weight excluding hydrogens is 508 g/mol. The minimum absolute atomic E-state index is 0.0211. The molecule has 35 heavy (non-hydrogen) atoms. The standard InChI is InChI=1S/C27H23BrN4O3/c1-18-2-4-19(5-3-18)26-17-24(23-16-20(28)6-11-25(23)29-26)27(33)31-14-12-30(13-15-31)21-7-9-22(10-8-21)32(34)35/h2-11,16-17H,12-15H2,1H3. The molecule has 0 bridgehead atoms. The molecule has 1 aliphatic heterocycles. The van der Waals surface area contributed by atoms with E-state index >= 15 is 0 Å². The summed E-state index contributed by atoms with van der Waals surface area (Å²) in [6.45, 7) is 4.48. The van der Waals surface area contributed by atoms with Gasteiger partial charge in [-0.05, 0) is 43.3 Å². The van der Waals surface area contributed by atoms with Crippen LogP contribution in [0.2, 0.25) is 0 Å². The summed E-state index contributed by atoms with van der Waals surface area (Å²) in [5, 5.41) is 11.7. The van der Waals surface area contributed by atoms with Crippen LogP contribution >= 0.6 is 15.9 Å². The van der Waals surface area contributed by atoms with Crippen LogP contribution in [0.3, 0.4) is 0 Å². The van der Waals surface area contributed by atoms with Crippen molar-refractivity contribution >= 4 is 44.1 Å². The molecule has 0 saturated carbocycles. The van der Waals surface area contributed by atoms with Gasteiger partial charge < -0.3 is 9.80 Å². The van der Waals surface area contributed by atoms with Gasteiger partial charge in [0.15, 0.2) is 0 Å². The number of carbonyl (C=O) groups excluding carboxylic acids is 1.